The fraction of sp³-hybridized carbons (Fsp3) is 0.412. The monoisotopic (exact) mass is 306 g/mol. The molecule has 1 N–H and O–H groups in total. The average molecular weight is 306 g/mol. The molecule has 6 heteroatoms. The maximum atomic E-state index is 7.07. The van der Waals surface area contributed by atoms with Gasteiger partial charge in [-0.05, 0) is 25.3 Å². The molecule has 0 saturated heterocycles. The van der Waals surface area contributed by atoms with E-state index in [0.717, 1.165) is 35.1 Å². The van der Waals surface area contributed by atoms with Gasteiger partial charge in [-0.2, -0.15) is 5.10 Å². The third kappa shape index (κ3) is 2.59. The lowest BCUT2D eigenvalue weighted by Crippen LogP contribution is -2.20. The molecule has 0 bridgehead atoms. The summed E-state index contributed by atoms with van der Waals surface area (Å²) in [5.74, 6) is 0.509. The van der Waals surface area contributed by atoms with Gasteiger partial charge in [0, 0.05) is 29.3 Å². The molecule has 1 aliphatic carbocycles. The summed E-state index contributed by atoms with van der Waals surface area (Å²) in [6.07, 6.45) is 12.0. The van der Waals surface area contributed by atoms with Crippen molar-refractivity contribution in [3.05, 3.63) is 42.4 Å². The molecule has 1 aliphatic rings. The Hall–Kier alpha value is -2.68. The number of aromatic amines is 1. The molecular formula is C17H18N6. The average Bonchev–Trinajstić information content (AvgIpc) is 3.24. The number of hydrogen-bond donors (Lipinski definition) is 1. The van der Waals surface area contributed by atoms with Crippen molar-refractivity contribution in [2.24, 2.45) is 5.92 Å². The zero-order valence-electron chi connectivity index (χ0n) is 12.8. The smallest absolute Gasteiger partial charge is 0.217 e. The van der Waals surface area contributed by atoms with E-state index in [9.17, 15) is 0 Å². The number of nitrogens with zero attached hydrogens (tertiary/aromatic N) is 5. The van der Waals surface area contributed by atoms with Crippen molar-refractivity contribution in [2.45, 2.75) is 31.7 Å². The Kier molecular flexibility index (Phi) is 3.54. The van der Waals surface area contributed by atoms with Crippen LogP contribution in [0, 0.1) is 12.5 Å². The predicted octanol–water partition coefficient (Wildman–Crippen LogP) is 3.47. The summed E-state index contributed by atoms with van der Waals surface area (Å²) >= 11 is 0. The van der Waals surface area contributed by atoms with Gasteiger partial charge in [0.05, 0.1) is 17.9 Å². The Balaban J connectivity index is 1.62. The van der Waals surface area contributed by atoms with Crippen LogP contribution in [0.15, 0.2) is 31.0 Å². The van der Waals surface area contributed by atoms with Crippen LogP contribution in [-0.2, 0) is 0 Å². The third-order valence-electron chi connectivity index (χ3n) is 4.71. The van der Waals surface area contributed by atoms with Gasteiger partial charge in [0.2, 0.25) is 6.54 Å². The number of aromatic nitrogens is 5. The molecule has 0 aliphatic heterocycles. The summed E-state index contributed by atoms with van der Waals surface area (Å²) < 4.78 is 2.06. The van der Waals surface area contributed by atoms with Crippen molar-refractivity contribution < 1.29 is 0 Å². The molecule has 6 nitrogen and oxygen atoms in total. The highest BCUT2D eigenvalue weighted by atomic mass is 15.3. The molecule has 23 heavy (non-hydrogen) atoms. The first-order valence-electron chi connectivity index (χ1n) is 8.01. The first kappa shape index (κ1) is 13.9. The van der Waals surface area contributed by atoms with Crippen LogP contribution < -0.4 is 0 Å². The maximum absolute atomic E-state index is 7.07. The van der Waals surface area contributed by atoms with Crippen LogP contribution in [0.25, 0.3) is 27.1 Å². The third-order valence-corrected chi connectivity index (χ3v) is 4.71. The minimum absolute atomic E-state index is 0.396. The highest BCUT2D eigenvalue weighted by molar-refractivity contribution is 5.89. The first-order valence-corrected chi connectivity index (χ1v) is 8.01. The van der Waals surface area contributed by atoms with Crippen LogP contribution in [0.1, 0.15) is 31.7 Å². The van der Waals surface area contributed by atoms with Crippen LogP contribution in [0.4, 0.5) is 0 Å². The lowest BCUT2D eigenvalue weighted by atomic mass is 9.86. The summed E-state index contributed by atoms with van der Waals surface area (Å²) in [7, 11) is 0. The standard InChI is InChI=1S/C17H18N6/c1-18-8-12-3-2-4-14(7-12)23-10-13(9-22-23)16-15-5-6-19-17(15)21-11-20-16/h5-6,9-12,14H,2-4,7-8H2,(H,19,20,21). The van der Waals surface area contributed by atoms with Crippen molar-refractivity contribution in [1.29, 1.82) is 0 Å². The normalized spacial score (nSPS) is 21.3. The Bertz CT molecular complexity index is 855. The van der Waals surface area contributed by atoms with Gasteiger partial charge in [-0.1, -0.05) is 6.42 Å². The number of nitrogens with one attached hydrogen (secondary N) is 1. The van der Waals surface area contributed by atoms with Gasteiger partial charge in [-0.25, -0.2) is 16.5 Å². The van der Waals surface area contributed by atoms with E-state index < -0.39 is 0 Å². The van der Waals surface area contributed by atoms with E-state index in [-0.39, 0.29) is 0 Å². The van der Waals surface area contributed by atoms with Crippen molar-refractivity contribution >= 4 is 11.0 Å². The molecule has 3 aromatic rings. The van der Waals surface area contributed by atoms with Crippen LogP contribution in [0.3, 0.4) is 0 Å². The van der Waals surface area contributed by atoms with Gasteiger partial charge in [-0.3, -0.25) is 4.68 Å². The van der Waals surface area contributed by atoms with Gasteiger partial charge in [-0.15, -0.1) is 0 Å². The molecule has 0 aromatic carbocycles. The topological polar surface area (TPSA) is 63.8 Å². The van der Waals surface area contributed by atoms with E-state index in [0.29, 0.717) is 18.5 Å². The van der Waals surface area contributed by atoms with Gasteiger partial charge in [0.25, 0.3) is 0 Å². The van der Waals surface area contributed by atoms with Crippen molar-refractivity contribution in [2.75, 3.05) is 6.54 Å². The van der Waals surface area contributed by atoms with Crippen molar-refractivity contribution in [3.8, 4) is 11.3 Å². The van der Waals surface area contributed by atoms with E-state index in [1.54, 1.807) is 6.33 Å². The van der Waals surface area contributed by atoms with Gasteiger partial charge in [0.15, 0.2) is 0 Å². The predicted molar refractivity (Wildman–Crippen MR) is 87.6 cm³/mol. The van der Waals surface area contributed by atoms with Gasteiger partial charge in [0.1, 0.15) is 12.0 Å². The van der Waals surface area contributed by atoms with Crippen LogP contribution in [-0.4, -0.2) is 31.3 Å². The van der Waals surface area contributed by atoms with Crippen LogP contribution in [0.2, 0.25) is 0 Å². The minimum atomic E-state index is 0.396. The second kappa shape index (κ2) is 5.84. The fourth-order valence-electron chi connectivity index (χ4n) is 3.56. The minimum Gasteiger partial charge on any atom is -0.346 e. The molecule has 0 spiro atoms. The summed E-state index contributed by atoms with van der Waals surface area (Å²) in [4.78, 5) is 15.3. The highest BCUT2D eigenvalue weighted by Crippen LogP contribution is 2.33. The van der Waals surface area contributed by atoms with Crippen molar-refractivity contribution in [1.82, 2.24) is 24.7 Å². The quantitative estimate of drug-likeness (QED) is 0.754. The Morgan fingerprint density at radius 2 is 2.30 bits per heavy atom. The summed E-state index contributed by atoms with van der Waals surface area (Å²) in [5.41, 5.74) is 2.78. The number of H-pyrrole nitrogens is 1. The molecule has 1 fully saturated rings. The second-order valence-electron chi connectivity index (χ2n) is 6.20. The largest absolute Gasteiger partial charge is 0.346 e. The Labute approximate surface area is 134 Å². The molecular weight excluding hydrogens is 288 g/mol. The summed E-state index contributed by atoms with van der Waals surface area (Å²) in [6.45, 7) is 7.71. The molecule has 2 atom stereocenters. The Morgan fingerprint density at radius 1 is 1.35 bits per heavy atom. The zero-order valence-corrected chi connectivity index (χ0v) is 12.8. The Morgan fingerprint density at radius 3 is 3.22 bits per heavy atom. The zero-order chi connectivity index (χ0) is 15.6. The number of hydrogen-bond acceptors (Lipinski definition) is 3. The maximum Gasteiger partial charge on any atom is 0.217 e. The SMILES string of the molecule is [C-]#[N+]CC1CCCC(n2cc(-c3ncnc4[nH]ccc34)cn2)C1. The van der Waals surface area contributed by atoms with Crippen LogP contribution in [0.5, 0.6) is 0 Å². The number of rotatable bonds is 3. The first-order chi connectivity index (χ1) is 11.3. The lowest BCUT2D eigenvalue weighted by molar-refractivity contribution is 0.263. The number of fused-ring (bicyclic) bond motifs is 1. The molecule has 4 rings (SSSR count). The molecule has 3 aromatic heterocycles. The molecule has 3 heterocycles. The molecule has 1 saturated carbocycles. The van der Waals surface area contributed by atoms with Gasteiger partial charge >= 0.3 is 0 Å². The second-order valence-corrected chi connectivity index (χ2v) is 6.20. The van der Waals surface area contributed by atoms with Gasteiger partial charge < -0.3 is 9.83 Å². The highest BCUT2D eigenvalue weighted by Gasteiger charge is 2.25. The van der Waals surface area contributed by atoms with E-state index in [1.165, 1.54) is 12.8 Å². The van der Waals surface area contributed by atoms with E-state index in [4.69, 9.17) is 6.57 Å². The molecule has 2 unspecified atom stereocenters. The van der Waals surface area contributed by atoms with Crippen LogP contribution >= 0.6 is 0 Å². The van der Waals surface area contributed by atoms with E-state index in [2.05, 4.69) is 35.8 Å². The van der Waals surface area contributed by atoms with Crippen molar-refractivity contribution in [3.63, 3.8) is 0 Å². The summed E-state index contributed by atoms with van der Waals surface area (Å²) in [6, 6.07) is 2.39. The fourth-order valence-corrected chi connectivity index (χ4v) is 3.56. The van der Waals surface area contributed by atoms with E-state index >= 15 is 0 Å². The lowest BCUT2D eigenvalue weighted by Gasteiger charge is -2.26. The molecule has 0 radical (unpaired) electrons. The summed E-state index contributed by atoms with van der Waals surface area (Å²) in [5, 5.41) is 5.59. The molecule has 0 amide bonds. The molecule has 116 valence electrons. The van der Waals surface area contributed by atoms with E-state index in [1.807, 2.05) is 18.5 Å².